The molecule has 1 aliphatic heterocycles. The first-order valence-electron chi connectivity index (χ1n) is 9.32. The van der Waals surface area contributed by atoms with Gasteiger partial charge in [-0.25, -0.2) is 9.37 Å². The molecule has 6 heteroatoms. The van der Waals surface area contributed by atoms with Crippen molar-refractivity contribution in [3.63, 3.8) is 0 Å². The topological polar surface area (TPSA) is 27.1 Å². The first kappa shape index (κ1) is 16.7. The van der Waals surface area contributed by atoms with E-state index in [1.807, 2.05) is 25.3 Å². The molecule has 28 heavy (non-hydrogen) atoms. The summed E-state index contributed by atoms with van der Waals surface area (Å²) in [5, 5.41) is 2.23. The summed E-state index contributed by atoms with van der Waals surface area (Å²) in [6, 6.07) is 11.7. The summed E-state index contributed by atoms with van der Waals surface area (Å²) in [5.74, 6) is 0.948. The Morgan fingerprint density at radius 2 is 2.07 bits per heavy atom. The normalized spacial score (nSPS) is 18.0. The summed E-state index contributed by atoms with van der Waals surface area (Å²) in [5.41, 5.74) is 3.25. The molecule has 0 bridgehead atoms. The molecule has 0 saturated heterocycles. The fourth-order valence-electron chi connectivity index (χ4n) is 4.00. The highest BCUT2D eigenvalue weighted by Crippen LogP contribution is 2.48. The zero-order chi connectivity index (χ0) is 19.0. The summed E-state index contributed by atoms with van der Waals surface area (Å²) in [6.45, 7) is 1.89. The van der Waals surface area contributed by atoms with Gasteiger partial charge in [-0.15, -0.1) is 11.3 Å². The molecule has 1 aliphatic carbocycles. The van der Waals surface area contributed by atoms with Crippen molar-refractivity contribution in [3.8, 4) is 17.0 Å². The molecule has 1 saturated carbocycles. The van der Waals surface area contributed by atoms with Crippen LogP contribution < -0.4 is 4.74 Å². The zero-order valence-corrected chi connectivity index (χ0v) is 17.5. The van der Waals surface area contributed by atoms with E-state index in [1.54, 1.807) is 17.4 Å². The Morgan fingerprint density at radius 1 is 1.21 bits per heavy atom. The van der Waals surface area contributed by atoms with Gasteiger partial charge in [0.05, 0.1) is 26.7 Å². The van der Waals surface area contributed by atoms with Gasteiger partial charge < -0.3 is 4.74 Å². The highest BCUT2D eigenvalue weighted by molar-refractivity contribution is 9.10. The molecule has 1 atom stereocenters. The minimum Gasteiger partial charge on any atom is -0.464 e. The Hall–Kier alpha value is -2.18. The number of halogens is 2. The van der Waals surface area contributed by atoms with E-state index >= 15 is 0 Å². The molecular weight excluding hydrogens is 439 g/mol. The summed E-state index contributed by atoms with van der Waals surface area (Å²) >= 11 is 5.26. The number of nitrogens with zero attached hydrogens (tertiary/aromatic N) is 2. The molecule has 0 amide bonds. The van der Waals surface area contributed by atoms with E-state index < -0.39 is 0 Å². The SMILES string of the molecule is Cc1cc(F)c2c(c1)OC(c1cnc(C3CC3)s1)n1c-2cc2cc(Br)ccc21. The largest absolute Gasteiger partial charge is 0.464 e. The minimum atomic E-state index is -0.340. The number of thiazole rings is 1. The lowest BCUT2D eigenvalue weighted by molar-refractivity contribution is 0.175. The van der Waals surface area contributed by atoms with Crippen LogP contribution in [-0.2, 0) is 0 Å². The second-order valence-electron chi connectivity index (χ2n) is 7.57. The van der Waals surface area contributed by atoms with Crippen LogP contribution >= 0.6 is 27.3 Å². The number of ether oxygens (including phenoxy) is 1. The number of hydrogen-bond donors (Lipinski definition) is 0. The molecule has 2 aromatic carbocycles. The van der Waals surface area contributed by atoms with E-state index in [0.29, 0.717) is 17.2 Å². The quantitative estimate of drug-likeness (QED) is 0.333. The molecule has 2 aliphatic rings. The maximum absolute atomic E-state index is 15.0. The second-order valence-corrected chi connectivity index (χ2v) is 9.58. The monoisotopic (exact) mass is 454 g/mol. The lowest BCUT2D eigenvalue weighted by Gasteiger charge is -2.29. The number of hydrogen-bond acceptors (Lipinski definition) is 3. The van der Waals surface area contributed by atoms with E-state index in [4.69, 9.17) is 4.74 Å². The van der Waals surface area contributed by atoms with Crippen LogP contribution in [0.15, 0.2) is 47.1 Å². The number of fused-ring (bicyclic) bond motifs is 5. The zero-order valence-electron chi connectivity index (χ0n) is 15.1. The van der Waals surface area contributed by atoms with Crippen molar-refractivity contribution in [2.75, 3.05) is 0 Å². The van der Waals surface area contributed by atoms with Gasteiger partial charge in [0.2, 0.25) is 6.23 Å². The van der Waals surface area contributed by atoms with Gasteiger partial charge >= 0.3 is 0 Å². The third-order valence-corrected chi connectivity index (χ3v) is 7.12. The van der Waals surface area contributed by atoms with Crippen LogP contribution in [-0.4, -0.2) is 9.55 Å². The molecule has 140 valence electrons. The van der Waals surface area contributed by atoms with Gasteiger partial charge in [-0.3, -0.25) is 4.57 Å². The lowest BCUT2D eigenvalue weighted by atomic mass is 10.1. The van der Waals surface area contributed by atoms with Crippen LogP contribution in [0.4, 0.5) is 4.39 Å². The Labute approximate surface area is 173 Å². The van der Waals surface area contributed by atoms with E-state index in [2.05, 4.69) is 43.7 Å². The Morgan fingerprint density at radius 3 is 2.89 bits per heavy atom. The van der Waals surface area contributed by atoms with Gasteiger partial charge in [0.1, 0.15) is 11.6 Å². The van der Waals surface area contributed by atoms with Crippen LogP contribution in [0.25, 0.3) is 22.2 Å². The van der Waals surface area contributed by atoms with Crippen molar-refractivity contribution in [1.29, 1.82) is 0 Å². The van der Waals surface area contributed by atoms with Gasteiger partial charge in [0.25, 0.3) is 0 Å². The van der Waals surface area contributed by atoms with Crippen LogP contribution in [0.1, 0.15) is 40.4 Å². The average molecular weight is 455 g/mol. The van der Waals surface area contributed by atoms with Crippen LogP contribution in [0.2, 0.25) is 0 Å². The first-order chi connectivity index (χ1) is 13.6. The third-order valence-electron chi connectivity index (χ3n) is 5.44. The molecule has 3 nitrogen and oxygen atoms in total. The number of aryl methyl sites for hydroxylation is 1. The molecule has 1 unspecified atom stereocenters. The summed E-state index contributed by atoms with van der Waals surface area (Å²) < 4.78 is 24.5. The fourth-order valence-corrected chi connectivity index (χ4v) is 5.48. The Kier molecular flexibility index (Phi) is 3.53. The lowest BCUT2D eigenvalue weighted by Crippen LogP contribution is -2.22. The number of aromatic nitrogens is 2. The van der Waals surface area contributed by atoms with Gasteiger partial charge in [0.15, 0.2) is 0 Å². The molecule has 1 fully saturated rings. The van der Waals surface area contributed by atoms with Crippen LogP contribution in [0.3, 0.4) is 0 Å². The van der Waals surface area contributed by atoms with Gasteiger partial charge in [0, 0.05) is 22.0 Å². The first-order valence-corrected chi connectivity index (χ1v) is 10.9. The maximum Gasteiger partial charge on any atom is 0.213 e. The number of benzene rings is 2. The third kappa shape index (κ3) is 2.47. The summed E-state index contributed by atoms with van der Waals surface area (Å²) in [6.07, 6.45) is 4.02. The van der Waals surface area contributed by atoms with Crippen molar-refractivity contribution in [2.45, 2.75) is 31.9 Å². The molecule has 4 aromatic rings. The number of rotatable bonds is 2. The second kappa shape index (κ2) is 5.91. The van der Waals surface area contributed by atoms with E-state index in [0.717, 1.165) is 31.5 Å². The average Bonchev–Trinajstić information content (AvgIpc) is 3.26. The standard InChI is InChI=1S/C22H16BrFN2OS/c1-11-6-15(24)20-17-9-13-8-14(23)4-5-16(13)26(17)22(27-18(20)7-11)19-10-25-21(28-19)12-2-3-12/h4-10,12,22H,2-3H2,1H3. The van der Waals surface area contributed by atoms with Gasteiger partial charge in [-0.05, 0) is 61.7 Å². The summed E-state index contributed by atoms with van der Waals surface area (Å²) in [4.78, 5) is 5.69. The van der Waals surface area contributed by atoms with Crippen molar-refractivity contribution < 1.29 is 9.13 Å². The van der Waals surface area contributed by atoms with E-state index in [-0.39, 0.29) is 12.0 Å². The Bertz CT molecular complexity index is 1260. The van der Waals surface area contributed by atoms with Crippen molar-refractivity contribution in [3.05, 3.63) is 68.3 Å². The molecule has 0 N–H and O–H groups in total. The molecular formula is C22H16BrFN2OS. The van der Waals surface area contributed by atoms with E-state index in [1.165, 1.54) is 17.8 Å². The highest BCUT2D eigenvalue weighted by atomic mass is 79.9. The van der Waals surface area contributed by atoms with Crippen molar-refractivity contribution in [1.82, 2.24) is 9.55 Å². The van der Waals surface area contributed by atoms with Gasteiger partial charge in [-0.2, -0.15) is 0 Å². The maximum atomic E-state index is 15.0. The molecule has 0 radical (unpaired) electrons. The van der Waals surface area contributed by atoms with Crippen molar-refractivity contribution in [2.24, 2.45) is 0 Å². The molecule has 3 heterocycles. The smallest absolute Gasteiger partial charge is 0.213 e. The van der Waals surface area contributed by atoms with Gasteiger partial charge in [-0.1, -0.05) is 15.9 Å². The molecule has 0 spiro atoms. The highest BCUT2D eigenvalue weighted by Gasteiger charge is 2.34. The van der Waals surface area contributed by atoms with Crippen LogP contribution in [0.5, 0.6) is 5.75 Å². The predicted molar refractivity (Wildman–Crippen MR) is 113 cm³/mol. The molecule has 2 aromatic heterocycles. The van der Waals surface area contributed by atoms with Crippen molar-refractivity contribution >= 4 is 38.2 Å². The summed E-state index contributed by atoms with van der Waals surface area (Å²) in [7, 11) is 0. The predicted octanol–water partition coefficient (Wildman–Crippen LogP) is 6.79. The minimum absolute atomic E-state index is 0.250. The fraction of sp³-hybridized carbons (Fsp3) is 0.227. The molecule has 6 rings (SSSR count). The van der Waals surface area contributed by atoms with Crippen LogP contribution in [0, 0.1) is 12.7 Å². The Balaban J connectivity index is 1.62. The van der Waals surface area contributed by atoms with E-state index in [9.17, 15) is 4.39 Å².